The molecule has 134 valence electrons. The molecule has 3 rings (SSSR count). The minimum absolute atomic E-state index is 0.118. The minimum atomic E-state index is -1.03. The summed E-state index contributed by atoms with van der Waals surface area (Å²) in [7, 11) is -1.03. The molecule has 0 bridgehead atoms. The highest BCUT2D eigenvalue weighted by molar-refractivity contribution is 7.84. The average Bonchev–Trinajstić information content (AvgIpc) is 3.08. The van der Waals surface area contributed by atoms with Gasteiger partial charge in [0.1, 0.15) is 0 Å². The SMILES string of the molecule is Cc1nc(-c2ccc(CCNC(=O)c3ccc(S(C)=O)cc3)cc2)cs1. The Hall–Kier alpha value is -2.31. The number of nitrogens with zero attached hydrogens (tertiary/aromatic N) is 1. The molecule has 0 saturated carbocycles. The lowest BCUT2D eigenvalue weighted by atomic mass is 10.1. The predicted octanol–water partition coefficient (Wildman–Crippen LogP) is 3.83. The maximum atomic E-state index is 12.2. The molecule has 1 atom stereocenters. The number of hydrogen-bond donors (Lipinski definition) is 1. The van der Waals surface area contributed by atoms with Crippen LogP contribution in [0.1, 0.15) is 20.9 Å². The van der Waals surface area contributed by atoms with Crippen LogP contribution in [-0.4, -0.2) is 27.9 Å². The van der Waals surface area contributed by atoms with Crippen LogP contribution in [0, 0.1) is 6.92 Å². The predicted molar refractivity (Wildman–Crippen MR) is 107 cm³/mol. The first-order valence-corrected chi connectivity index (χ1v) is 10.7. The second kappa shape index (κ2) is 8.38. The number of nitrogens with one attached hydrogen (secondary N) is 1. The van der Waals surface area contributed by atoms with Crippen LogP contribution in [0.4, 0.5) is 0 Å². The van der Waals surface area contributed by atoms with Crippen molar-refractivity contribution in [1.29, 1.82) is 0 Å². The van der Waals surface area contributed by atoms with Gasteiger partial charge >= 0.3 is 0 Å². The van der Waals surface area contributed by atoms with Gasteiger partial charge in [0, 0.05) is 45.0 Å². The Morgan fingerprint density at radius 3 is 2.38 bits per heavy atom. The molecule has 0 aliphatic carbocycles. The van der Waals surface area contributed by atoms with Gasteiger partial charge < -0.3 is 5.32 Å². The molecule has 4 nitrogen and oxygen atoms in total. The lowest BCUT2D eigenvalue weighted by molar-refractivity contribution is 0.0954. The second-order valence-corrected chi connectivity index (χ2v) is 8.37. The molecule has 0 radical (unpaired) electrons. The Morgan fingerprint density at radius 2 is 1.81 bits per heavy atom. The summed E-state index contributed by atoms with van der Waals surface area (Å²) < 4.78 is 11.4. The first-order chi connectivity index (χ1) is 12.5. The van der Waals surface area contributed by atoms with E-state index in [9.17, 15) is 9.00 Å². The lowest BCUT2D eigenvalue weighted by Crippen LogP contribution is -2.25. The highest BCUT2D eigenvalue weighted by atomic mass is 32.2. The zero-order valence-electron chi connectivity index (χ0n) is 14.7. The Bertz CT molecular complexity index is 916. The fraction of sp³-hybridized carbons (Fsp3) is 0.200. The highest BCUT2D eigenvalue weighted by Gasteiger charge is 2.06. The van der Waals surface area contributed by atoms with E-state index in [4.69, 9.17) is 0 Å². The van der Waals surface area contributed by atoms with Crippen molar-refractivity contribution in [3.05, 3.63) is 70.0 Å². The number of amides is 1. The Labute approximate surface area is 159 Å². The van der Waals surface area contributed by atoms with Crippen molar-refractivity contribution in [2.24, 2.45) is 0 Å². The van der Waals surface area contributed by atoms with Gasteiger partial charge in [-0.2, -0.15) is 0 Å². The number of thiazole rings is 1. The standard InChI is InChI=1S/C20H20N2O2S2/c1-14-22-19(13-25-14)16-5-3-15(4-6-16)11-12-21-20(23)17-7-9-18(10-8-17)26(2)24/h3-10,13H,11-12H2,1-2H3,(H,21,23). The van der Waals surface area contributed by atoms with Crippen molar-refractivity contribution in [1.82, 2.24) is 10.3 Å². The fourth-order valence-electron chi connectivity index (χ4n) is 2.56. The first-order valence-electron chi connectivity index (χ1n) is 8.26. The first kappa shape index (κ1) is 18.5. The molecule has 0 aliphatic rings. The van der Waals surface area contributed by atoms with Crippen molar-refractivity contribution in [3.63, 3.8) is 0 Å². The summed E-state index contributed by atoms with van der Waals surface area (Å²) in [5.74, 6) is -0.118. The molecule has 0 saturated heterocycles. The van der Waals surface area contributed by atoms with Gasteiger partial charge in [-0.05, 0) is 43.2 Å². The van der Waals surface area contributed by atoms with Crippen LogP contribution in [0.25, 0.3) is 11.3 Å². The fourth-order valence-corrected chi connectivity index (χ4v) is 3.70. The van der Waals surface area contributed by atoms with Gasteiger partial charge in [-0.25, -0.2) is 4.98 Å². The molecule has 1 amide bonds. The Morgan fingerprint density at radius 1 is 1.12 bits per heavy atom. The quantitative estimate of drug-likeness (QED) is 0.703. The monoisotopic (exact) mass is 384 g/mol. The Balaban J connectivity index is 1.52. The van der Waals surface area contributed by atoms with E-state index in [1.165, 1.54) is 0 Å². The minimum Gasteiger partial charge on any atom is -0.352 e. The number of rotatable bonds is 6. The average molecular weight is 385 g/mol. The van der Waals surface area contributed by atoms with E-state index in [1.54, 1.807) is 41.9 Å². The summed E-state index contributed by atoms with van der Waals surface area (Å²) in [6.07, 6.45) is 2.38. The molecule has 6 heteroatoms. The number of carbonyl (C=O) groups is 1. The van der Waals surface area contributed by atoms with Crippen molar-refractivity contribution in [2.45, 2.75) is 18.2 Å². The maximum Gasteiger partial charge on any atom is 0.251 e. The largest absolute Gasteiger partial charge is 0.352 e. The van der Waals surface area contributed by atoms with Crippen LogP contribution in [0.5, 0.6) is 0 Å². The molecule has 3 aromatic rings. The van der Waals surface area contributed by atoms with E-state index in [-0.39, 0.29) is 5.91 Å². The third-order valence-electron chi connectivity index (χ3n) is 4.02. The van der Waals surface area contributed by atoms with Gasteiger partial charge in [-0.3, -0.25) is 9.00 Å². The number of hydrogen-bond acceptors (Lipinski definition) is 4. The molecule has 1 aromatic heterocycles. The second-order valence-electron chi connectivity index (χ2n) is 5.93. The van der Waals surface area contributed by atoms with Gasteiger partial charge in [0.2, 0.25) is 0 Å². The van der Waals surface area contributed by atoms with Gasteiger partial charge in [0.15, 0.2) is 0 Å². The normalized spacial score (nSPS) is 11.9. The molecule has 1 unspecified atom stereocenters. The van der Waals surface area contributed by atoms with Gasteiger partial charge in [0.25, 0.3) is 5.91 Å². The third kappa shape index (κ3) is 4.65. The smallest absolute Gasteiger partial charge is 0.251 e. The molecule has 0 fully saturated rings. The third-order valence-corrected chi connectivity index (χ3v) is 5.73. The molecular weight excluding hydrogens is 364 g/mol. The summed E-state index contributed by atoms with van der Waals surface area (Å²) in [4.78, 5) is 17.4. The molecule has 1 heterocycles. The van der Waals surface area contributed by atoms with E-state index in [0.717, 1.165) is 33.1 Å². The number of benzene rings is 2. The van der Waals surface area contributed by atoms with E-state index in [0.29, 0.717) is 12.1 Å². The van der Waals surface area contributed by atoms with E-state index >= 15 is 0 Å². The molecule has 2 aromatic carbocycles. The summed E-state index contributed by atoms with van der Waals surface area (Å²) in [5.41, 5.74) is 3.85. The van der Waals surface area contributed by atoms with E-state index in [2.05, 4.69) is 39.9 Å². The summed E-state index contributed by atoms with van der Waals surface area (Å²) in [6.45, 7) is 2.57. The zero-order chi connectivity index (χ0) is 18.5. The van der Waals surface area contributed by atoms with Crippen molar-refractivity contribution < 1.29 is 9.00 Å². The zero-order valence-corrected chi connectivity index (χ0v) is 16.3. The van der Waals surface area contributed by atoms with E-state index < -0.39 is 10.8 Å². The summed E-state index contributed by atoms with van der Waals surface area (Å²) in [5, 5.41) is 6.04. The molecular formula is C20H20N2O2S2. The van der Waals surface area contributed by atoms with Crippen molar-refractivity contribution in [2.75, 3.05) is 12.8 Å². The molecule has 26 heavy (non-hydrogen) atoms. The maximum absolute atomic E-state index is 12.2. The van der Waals surface area contributed by atoms with Crippen LogP contribution < -0.4 is 5.32 Å². The number of aromatic nitrogens is 1. The lowest BCUT2D eigenvalue weighted by Gasteiger charge is -2.07. The van der Waals surface area contributed by atoms with Crippen LogP contribution in [0.15, 0.2) is 58.8 Å². The van der Waals surface area contributed by atoms with Crippen molar-refractivity contribution >= 4 is 28.0 Å². The molecule has 0 spiro atoms. The summed E-state index contributed by atoms with van der Waals surface area (Å²) in [6, 6.07) is 15.1. The Kier molecular flexibility index (Phi) is 5.96. The van der Waals surface area contributed by atoms with Crippen LogP contribution >= 0.6 is 11.3 Å². The van der Waals surface area contributed by atoms with Gasteiger partial charge in [-0.15, -0.1) is 11.3 Å². The van der Waals surface area contributed by atoms with Gasteiger partial charge in [-0.1, -0.05) is 24.3 Å². The van der Waals surface area contributed by atoms with E-state index in [1.807, 2.05) is 6.92 Å². The van der Waals surface area contributed by atoms with Crippen LogP contribution in [0.3, 0.4) is 0 Å². The van der Waals surface area contributed by atoms with Crippen LogP contribution in [-0.2, 0) is 17.2 Å². The molecule has 0 aliphatic heterocycles. The highest BCUT2D eigenvalue weighted by Crippen LogP contribution is 2.21. The van der Waals surface area contributed by atoms with Crippen molar-refractivity contribution in [3.8, 4) is 11.3 Å². The van der Waals surface area contributed by atoms with Gasteiger partial charge in [0.05, 0.1) is 10.7 Å². The molecule has 1 N–H and O–H groups in total. The van der Waals surface area contributed by atoms with Crippen LogP contribution in [0.2, 0.25) is 0 Å². The number of carbonyl (C=O) groups excluding carboxylic acids is 1. The number of aryl methyl sites for hydroxylation is 1. The summed E-state index contributed by atoms with van der Waals surface area (Å²) >= 11 is 1.65. The topological polar surface area (TPSA) is 59.1 Å².